The van der Waals surface area contributed by atoms with Gasteiger partial charge in [-0.3, -0.25) is 4.79 Å². The smallest absolute Gasteiger partial charge is 0.225 e. The highest BCUT2D eigenvalue weighted by Gasteiger charge is 2.33. The summed E-state index contributed by atoms with van der Waals surface area (Å²) in [5, 5.41) is 2.80. The highest BCUT2D eigenvalue weighted by Crippen LogP contribution is 2.23. The summed E-state index contributed by atoms with van der Waals surface area (Å²) < 4.78 is 32.2. The molecular formula is C14H16ClF2NO2. The van der Waals surface area contributed by atoms with Crippen LogP contribution in [0.3, 0.4) is 0 Å². The third-order valence-corrected chi connectivity index (χ3v) is 4.02. The lowest BCUT2D eigenvalue weighted by molar-refractivity contribution is -0.123. The molecule has 1 aliphatic rings. The molecule has 1 fully saturated rings. The maximum absolute atomic E-state index is 13.5. The predicted octanol–water partition coefficient (Wildman–Crippen LogP) is 2.41. The van der Waals surface area contributed by atoms with E-state index in [2.05, 4.69) is 5.32 Å². The van der Waals surface area contributed by atoms with Crippen LogP contribution in [0.5, 0.6) is 0 Å². The van der Waals surface area contributed by atoms with Crippen molar-refractivity contribution in [1.29, 1.82) is 0 Å². The standard InChI is InChI=1S/C14H16ClF2NO2/c15-9-14(4-6-20-7-5-14)18-13(19)8-10-11(16)2-1-3-12(10)17/h1-3H,4-9H2,(H,18,19). The van der Waals surface area contributed by atoms with E-state index in [0.29, 0.717) is 26.1 Å². The van der Waals surface area contributed by atoms with Crippen molar-refractivity contribution in [2.75, 3.05) is 19.1 Å². The molecule has 0 radical (unpaired) electrons. The molecule has 0 atom stereocenters. The highest BCUT2D eigenvalue weighted by molar-refractivity contribution is 6.18. The Morgan fingerprint density at radius 3 is 2.45 bits per heavy atom. The summed E-state index contributed by atoms with van der Waals surface area (Å²) >= 11 is 5.93. The Morgan fingerprint density at radius 2 is 1.90 bits per heavy atom. The summed E-state index contributed by atoms with van der Waals surface area (Å²) in [5.41, 5.74) is -0.764. The Kier molecular flexibility index (Phi) is 4.94. The molecule has 20 heavy (non-hydrogen) atoms. The quantitative estimate of drug-likeness (QED) is 0.868. The van der Waals surface area contributed by atoms with E-state index in [4.69, 9.17) is 16.3 Å². The molecule has 1 amide bonds. The van der Waals surface area contributed by atoms with Gasteiger partial charge >= 0.3 is 0 Å². The molecule has 2 rings (SSSR count). The molecule has 3 nitrogen and oxygen atoms in total. The van der Waals surface area contributed by atoms with Crippen LogP contribution in [0.2, 0.25) is 0 Å². The molecule has 0 saturated carbocycles. The molecule has 1 aromatic carbocycles. The average Bonchev–Trinajstić information content (AvgIpc) is 2.44. The molecule has 1 aromatic rings. The predicted molar refractivity (Wildman–Crippen MR) is 71.7 cm³/mol. The highest BCUT2D eigenvalue weighted by atomic mass is 35.5. The number of amides is 1. The maximum Gasteiger partial charge on any atom is 0.225 e. The summed E-state index contributed by atoms with van der Waals surface area (Å²) in [6, 6.07) is 3.54. The number of carbonyl (C=O) groups is 1. The van der Waals surface area contributed by atoms with Gasteiger partial charge in [-0.25, -0.2) is 8.78 Å². The number of hydrogen-bond acceptors (Lipinski definition) is 2. The van der Waals surface area contributed by atoms with Crippen molar-refractivity contribution in [1.82, 2.24) is 5.32 Å². The van der Waals surface area contributed by atoms with Crippen LogP contribution in [0, 0.1) is 11.6 Å². The van der Waals surface area contributed by atoms with E-state index >= 15 is 0 Å². The van der Waals surface area contributed by atoms with Gasteiger partial charge < -0.3 is 10.1 Å². The number of carbonyl (C=O) groups excluding carboxylic acids is 1. The number of ether oxygens (including phenoxy) is 1. The van der Waals surface area contributed by atoms with E-state index in [0.717, 1.165) is 12.1 Å². The molecule has 6 heteroatoms. The molecule has 110 valence electrons. The summed E-state index contributed by atoms with van der Waals surface area (Å²) in [4.78, 5) is 12.0. The summed E-state index contributed by atoms with van der Waals surface area (Å²) in [5.74, 6) is -1.61. The van der Waals surface area contributed by atoms with Crippen LogP contribution in [-0.4, -0.2) is 30.5 Å². The van der Waals surface area contributed by atoms with Crippen LogP contribution in [0.1, 0.15) is 18.4 Å². The minimum absolute atomic E-state index is 0.221. The number of alkyl halides is 1. The second kappa shape index (κ2) is 6.50. The van der Waals surface area contributed by atoms with Crippen LogP contribution in [-0.2, 0) is 16.0 Å². The lowest BCUT2D eigenvalue weighted by Gasteiger charge is -2.36. The van der Waals surface area contributed by atoms with E-state index in [1.54, 1.807) is 0 Å². The van der Waals surface area contributed by atoms with Gasteiger partial charge in [0.25, 0.3) is 0 Å². The lowest BCUT2D eigenvalue weighted by atomic mass is 9.92. The van der Waals surface area contributed by atoms with Gasteiger partial charge in [0.1, 0.15) is 11.6 Å². The van der Waals surface area contributed by atoms with Crippen LogP contribution in [0.4, 0.5) is 8.78 Å². The van der Waals surface area contributed by atoms with Gasteiger partial charge in [0, 0.05) is 24.7 Å². The van der Waals surface area contributed by atoms with Gasteiger partial charge in [0.2, 0.25) is 5.91 Å². The molecular weight excluding hydrogens is 288 g/mol. The van der Waals surface area contributed by atoms with E-state index < -0.39 is 23.1 Å². The third-order valence-electron chi connectivity index (χ3n) is 3.51. The zero-order valence-corrected chi connectivity index (χ0v) is 11.7. The molecule has 1 N–H and O–H groups in total. The lowest BCUT2D eigenvalue weighted by Crippen LogP contribution is -2.53. The number of nitrogens with one attached hydrogen (secondary N) is 1. The summed E-state index contributed by atoms with van der Waals surface area (Å²) in [6.45, 7) is 1.03. The van der Waals surface area contributed by atoms with Gasteiger partial charge in [-0.05, 0) is 25.0 Å². The molecule has 0 aliphatic carbocycles. The van der Waals surface area contributed by atoms with Crippen molar-refractivity contribution in [3.63, 3.8) is 0 Å². The summed E-state index contributed by atoms with van der Waals surface area (Å²) in [6.07, 6.45) is 0.863. The zero-order valence-electron chi connectivity index (χ0n) is 10.9. The number of hydrogen-bond donors (Lipinski definition) is 1. The van der Waals surface area contributed by atoms with Crippen molar-refractivity contribution in [3.8, 4) is 0 Å². The van der Waals surface area contributed by atoms with Gasteiger partial charge in [-0.15, -0.1) is 11.6 Å². The Hall–Kier alpha value is -1.20. The Labute approximate surface area is 121 Å². The fourth-order valence-corrected chi connectivity index (χ4v) is 2.59. The van der Waals surface area contributed by atoms with E-state index in [1.807, 2.05) is 0 Å². The topological polar surface area (TPSA) is 38.3 Å². The fraction of sp³-hybridized carbons (Fsp3) is 0.500. The molecule has 0 spiro atoms. The molecule has 1 aliphatic heterocycles. The van der Waals surface area contributed by atoms with Crippen molar-refractivity contribution in [2.24, 2.45) is 0 Å². The van der Waals surface area contributed by atoms with Gasteiger partial charge in [0.05, 0.1) is 12.0 Å². The van der Waals surface area contributed by atoms with Crippen LogP contribution in [0.15, 0.2) is 18.2 Å². The zero-order chi connectivity index (χ0) is 14.6. The third kappa shape index (κ3) is 3.46. The van der Waals surface area contributed by atoms with Crippen molar-refractivity contribution in [2.45, 2.75) is 24.8 Å². The van der Waals surface area contributed by atoms with Crippen LogP contribution >= 0.6 is 11.6 Å². The Balaban J connectivity index is 2.05. The van der Waals surface area contributed by atoms with Crippen LogP contribution in [0.25, 0.3) is 0 Å². The molecule has 0 bridgehead atoms. The first-order valence-electron chi connectivity index (χ1n) is 6.44. The first-order chi connectivity index (χ1) is 9.56. The molecule has 0 aromatic heterocycles. The molecule has 1 heterocycles. The second-order valence-corrected chi connectivity index (χ2v) is 5.22. The largest absolute Gasteiger partial charge is 0.381 e. The van der Waals surface area contributed by atoms with Crippen molar-refractivity contribution in [3.05, 3.63) is 35.4 Å². The maximum atomic E-state index is 13.5. The van der Waals surface area contributed by atoms with Gasteiger partial charge in [0.15, 0.2) is 0 Å². The number of rotatable bonds is 4. The summed E-state index contributed by atoms with van der Waals surface area (Å²) in [7, 11) is 0. The fourth-order valence-electron chi connectivity index (χ4n) is 2.26. The second-order valence-electron chi connectivity index (χ2n) is 4.95. The minimum atomic E-state index is -0.716. The number of halogens is 3. The number of benzene rings is 1. The van der Waals surface area contributed by atoms with Gasteiger partial charge in [-0.1, -0.05) is 6.07 Å². The Bertz CT molecular complexity index is 470. The molecule has 0 unspecified atom stereocenters. The van der Waals surface area contributed by atoms with E-state index in [1.165, 1.54) is 6.07 Å². The first kappa shape index (κ1) is 15.2. The van der Waals surface area contributed by atoms with E-state index in [9.17, 15) is 13.6 Å². The van der Waals surface area contributed by atoms with Crippen LogP contribution < -0.4 is 5.32 Å². The van der Waals surface area contributed by atoms with Crippen molar-refractivity contribution < 1.29 is 18.3 Å². The first-order valence-corrected chi connectivity index (χ1v) is 6.97. The Morgan fingerprint density at radius 1 is 1.30 bits per heavy atom. The van der Waals surface area contributed by atoms with Crippen molar-refractivity contribution >= 4 is 17.5 Å². The van der Waals surface area contributed by atoms with E-state index in [-0.39, 0.29) is 17.9 Å². The SMILES string of the molecule is O=C(Cc1c(F)cccc1F)NC1(CCl)CCOCC1. The minimum Gasteiger partial charge on any atom is -0.381 e. The van der Waals surface area contributed by atoms with Gasteiger partial charge in [-0.2, -0.15) is 0 Å². The average molecular weight is 304 g/mol. The normalized spacial score (nSPS) is 17.8. The molecule has 1 saturated heterocycles. The monoisotopic (exact) mass is 303 g/mol.